The lowest BCUT2D eigenvalue weighted by Gasteiger charge is -2.06. The van der Waals surface area contributed by atoms with E-state index < -0.39 is 0 Å². The van der Waals surface area contributed by atoms with Gasteiger partial charge < -0.3 is 5.73 Å². The van der Waals surface area contributed by atoms with Gasteiger partial charge in [0.05, 0.1) is 0 Å². The molecule has 88 valence electrons. The Kier molecular flexibility index (Phi) is 3.74. The van der Waals surface area contributed by atoms with Crippen molar-refractivity contribution in [2.45, 2.75) is 23.8 Å². The zero-order valence-electron chi connectivity index (χ0n) is 9.70. The van der Waals surface area contributed by atoms with Gasteiger partial charge in [-0.15, -0.1) is 0 Å². The Morgan fingerprint density at radius 3 is 2.59 bits per heavy atom. The standard InChI is InChI=1S/C13H13BrN2S/c1-8-5-9(2)16-13(6-8)17-12-4-3-10(15)7-11(12)14/h3-7H,15H2,1-2H3. The predicted octanol–water partition coefficient (Wildman–Crippen LogP) is 4.19. The molecule has 0 amide bonds. The van der Waals surface area contributed by atoms with E-state index in [4.69, 9.17) is 5.73 Å². The molecular weight excluding hydrogens is 296 g/mol. The first-order valence-electron chi connectivity index (χ1n) is 5.23. The molecule has 0 spiro atoms. The SMILES string of the molecule is Cc1cc(C)nc(Sc2ccc(N)cc2Br)c1. The van der Waals surface area contributed by atoms with Crippen LogP contribution in [0.3, 0.4) is 0 Å². The maximum atomic E-state index is 5.71. The number of rotatable bonds is 2. The first-order chi connectivity index (χ1) is 8.04. The van der Waals surface area contributed by atoms with E-state index in [0.29, 0.717) is 0 Å². The maximum absolute atomic E-state index is 5.71. The van der Waals surface area contributed by atoms with Gasteiger partial charge in [0.2, 0.25) is 0 Å². The van der Waals surface area contributed by atoms with Gasteiger partial charge >= 0.3 is 0 Å². The van der Waals surface area contributed by atoms with Crippen LogP contribution in [0.2, 0.25) is 0 Å². The van der Waals surface area contributed by atoms with Crippen LogP contribution < -0.4 is 5.73 Å². The lowest BCUT2D eigenvalue weighted by molar-refractivity contribution is 1.05. The summed E-state index contributed by atoms with van der Waals surface area (Å²) in [5.41, 5.74) is 8.74. The largest absolute Gasteiger partial charge is 0.399 e. The predicted molar refractivity (Wildman–Crippen MR) is 76.4 cm³/mol. The summed E-state index contributed by atoms with van der Waals surface area (Å²) in [6.45, 7) is 4.09. The molecule has 2 aromatic rings. The van der Waals surface area contributed by atoms with Crippen molar-refractivity contribution in [3.05, 3.63) is 46.1 Å². The third-order valence-electron chi connectivity index (χ3n) is 2.24. The van der Waals surface area contributed by atoms with Crippen molar-refractivity contribution in [1.29, 1.82) is 0 Å². The number of nitrogens with two attached hydrogens (primary N) is 1. The Bertz CT molecular complexity index is 535. The number of halogens is 1. The second-order valence-electron chi connectivity index (χ2n) is 3.92. The van der Waals surface area contributed by atoms with Gasteiger partial charge in [-0.2, -0.15) is 0 Å². The van der Waals surface area contributed by atoms with Gasteiger partial charge in [-0.3, -0.25) is 0 Å². The molecule has 0 bridgehead atoms. The fourth-order valence-electron chi connectivity index (χ4n) is 1.57. The van der Waals surface area contributed by atoms with Gasteiger partial charge in [0, 0.05) is 20.7 Å². The average Bonchev–Trinajstić information content (AvgIpc) is 2.21. The summed E-state index contributed by atoms with van der Waals surface area (Å²) in [6.07, 6.45) is 0. The van der Waals surface area contributed by atoms with Crippen molar-refractivity contribution < 1.29 is 0 Å². The molecule has 0 aliphatic rings. The fraction of sp³-hybridized carbons (Fsp3) is 0.154. The molecule has 2 N–H and O–H groups in total. The highest BCUT2D eigenvalue weighted by Crippen LogP contribution is 2.33. The second-order valence-corrected chi connectivity index (χ2v) is 5.83. The van der Waals surface area contributed by atoms with E-state index in [2.05, 4.69) is 40.0 Å². The zero-order valence-corrected chi connectivity index (χ0v) is 12.1. The number of nitrogens with zero attached hydrogens (tertiary/aromatic N) is 1. The summed E-state index contributed by atoms with van der Waals surface area (Å²) in [5.74, 6) is 0. The van der Waals surface area contributed by atoms with Crippen LogP contribution in [0.25, 0.3) is 0 Å². The van der Waals surface area contributed by atoms with Crippen LogP contribution in [0.5, 0.6) is 0 Å². The van der Waals surface area contributed by atoms with E-state index in [9.17, 15) is 0 Å². The summed E-state index contributed by atoms with van der Waals surface area (Å²) in [7, 11) is 0. The Morgan fingerprint density at radius 2 is 1.94 bits per heavy atom. The van der Waals surface area contributed by atoms with Gasteiger partial charge in [0.15, 0.2) is 0 Å². The topological polar surface area (TPSA) is 38.9 Å². The number of hydrogen-bond acceptors (Lipinski definition) is 3. The van der Waals surface area contributed by atoms with Crippen molar-refractivity contribution in [2.75, 3.05) is 5.73 Å². The molecule has 4 heteroatoms. The van der Waals surface area contributed by atoms with Gasteiger partial charge in [0.1, 0.15) is 5.03 Å². The molecule has 0 saturated heterocycles. The highest BCUT2D eigenvalue weighted by Gasteiger charge is 2.05. The van der Waals surface area contributed by atoms with Crippen molar-refractivity contribution in [3.63, 3.8) is 0 Å². The van der Waals surface area contributed by atoms with Crippen LogP contribution in [0.15, 0.2) is 44.7 Å². The molecule has 0 fully saturated rings. The molecule has 0 aliphatic carbocycles. The van der Waals surface area contributed by atoms with Crippen molar-refractivity contribution in [3.8, 4) is 0 Å². The van der Waals surface area contributed by atoms with Crippen LogP contribution in [0.4, 0.5) is 5.69 Å². The van der Waals surface area contributed by atoms with Crippen LogP contribution in [-0.4, -0.2) is 4.98 Å². The van der Waals surface area contributed by atoms with E-state index >= 15 is 0 Å². The Labute approximate surface area is 114 Å². The summed E-state index contributed by atoms with van der Waals surface area (Å²) in [5, 5.41) is 1.01. The van der Waals surface area contributed by atoms with E-state index in [1.807, 2.05) is 25.1 Å². The molecule has 2 nitrogen and oxygen atoms in total. The van der Waals surface area contributed by atoms with Crippen molar-refractivity contribution >= 4 is 33.4 Å². The van der Waals surface area contributed by atoms with Crippen LogP contribution >= 0.6 is 27.7 Å². The molecule has 0 unspecified atom stereocenters. The molecule has 0 saturated carbocycles. The molecule has 1 heterocycles. The number of benzene rings is 1. The number of pyridine rings is 1. The summed E-state index contributed by atoms with van der Waals surface area (Å²) in [4.78, 5) is 5.63. The minimum atomic E-state index is 0.759. The van der Waals surface area contributed by atoms with Gasteiger partial charge in [-0.05, 0) is 65.7 Å². The number of hydrogen-bond donors (Lipinski definition) is 1. The summed E-state index contributed by atoms with van der Waals surface area (Å²) >= 11 is 5.15. The molecule has 0 radical (unpaired) electrons. The summed E-state index contributed by atoms with van der Waals surface area (Å²) in [6, 6.07) is 9.96. The van der Waals surface area contributed by atoms with Gasteiger partial charge in [-0.1, -0.05) is 11.8 Å². The number of nitrogen functional groups attached to an aromatic ring is 1. The smallest absolute Gasteiger partial charge is 0.101 e. The van der Waals surface area contributed by atoms with Gasteiger partial charge in [-0.25, -0.2) is 4.98 Å². The number of aromatic nitrogens is 1. The fourth-order valence-corrected chi connectivity index (χ4v) is 3.16. The van der Waals surface area contributed by atoms with Crippen molar-refractivity contribution in [2.24, 2.45) is 0 Å². The molecule has 17 heavy (non-hydrogen) atoms. The van der Waals surface area contributed by atoms with E-state index in [-0.39, 0.29) is 0 Å². The maximum Gasteiger partial charge on any atom is 0.101 e. The number of anilines is 1. The normalized spacial score (nSPS) is 10.5. The molecule has 2 rings (SSSR count). The monoisotopic (exact) mass is 308 g/mol. The Hall–Kier alpha value is -1.00. The van der Waals surface area contributed by atoms with Crippen LogP contribution in [-0.2, 0) is 0 Å². The molecule has 1 aromatic carbocycles. The highest BCUT2D eigenvalue weighted by atomic mass is 79.9. The zero-order chi connectivity index (χ0) is 12.4. The first-order valence-corrected chi connectivity index (χ1v) is 6.84. The molecule has 1 aromatic heterocycles. The second kappa shape index (κ2) is 5.10. The van der Waals surface area contributed by atoms with E-state index in [1.165, 1.54) is 5.56 Å². The van der Waals surface area contributed by atoms with E-state index in [1.54, 1.807) is 11.8 Å². The van der Waals surface area contributed by atoms with Crippen molar-refractivity contribution in [1.82, 2.24) is 4.98 Å². The van der Waals surface area contributed by atoms with Crippen LogP contribution in [0.1, 0.15) is 11.3 Å². The molecule has 0 atom stereocenters. The lowest BCUT2D eigenvalue weighted by Crippen LogP contribution is -1.88. The first kappa shape index (κ1) is 12.5. The van der Waals surface area contributed by atoms with E-state index in [0.717, 1.165) is 25.8 Å². The lowest BCUT2D eigenvalue weighted by atomic mass is 10.3. The molecular formula is C13H13BrN2S. The van der Waals surface area contributed by atoms with Gasteiger partial charge in [0.25, 0.3) is 0 Å². The number of aryl methyl sites for hydroxylation is 2. The summed E-state index contributed by atoms with van der Waals surface area (Å²) < 4.78 is 1.00. The third-order valence-corrected chi connectivity index (χ3v) is 4.16. The van der Waals surface area contributed by atoms with Crippen LogP contribution in [0, 0.1) is 13.8 Å². The Morgan fingerprint density at radius 1 is 1.18 bits per heavy atom. The quantitative estimate of drug-likeness (QED) is 0.845. The highest BCUT2D eigenvalue weighted by molar-refractivity contribution is 9.10. The minimum Gasteiger partial charge on any atom is -0.399 e. The Balaban J connectivity index is 2.31. The molecule has 0 aliphatic heterocycles. The average molecular weight is 309 g/mol. The minimum absolute atomic E-state index is 0.759. The third kappa shape index (κ3) is 3.23.